The molecule has 0 aliphatic rings. The van der Waals surface area contributed by atoms with Crippen molar-refractivity contribution in [3.8, 4) is 0 Å². The Morgan fingerprint density at radius 3 is 2.53 bits per heavy atom. The molecule has 0 amide bonds. The SMILES string of the molecule is CNCCc1nc2c(c(=O)n(CCCCC(C)O)c(=O)n2C)n1Cc1ccccc1. The van der Waals surface area contributed by atoms with Gasteiger partial charge < -0.3 is 15.0 Å². The Morgan fingerprint density at radius 2 is 1.87 bits per heavy atom. The molecule has 30 heavy (non-hydrogen) atoms. The lowest BCUT2D eigenvalue weighted by Crippen LogP contribution is -2.39. The minimum absolute atomic E-state index is 0.302. The average molecular weight is 414 g/mol. The second kappa shape index (κ2) is 9.86. The predicted octanol–water partition coefficient (Wildman–Crippen LogP) is 1.26. The number of aromatic nitrogens is 4. The first-order valence-electron chi connectivity index (χ1n) is 10.5. The summed E-state index contributed by atoms with van der Waals surface area (Å²) in [6.45, 7) is 3.31. The van der Waals surface area contributed by atoms with Crippen molar-refractivity contribution in [2.75, 3.05) is 13.6 Å². The summed E-state index contributed by atoms with van der Waals surface area (Å²) in [7, 11) is 3.54. The number of aryl methyl sites for hydroxylation is 1. The minimum atomic E-state index is -0.380. The van der Waals surface area contributed by atoms with Gasteiger partial charge in [-0.05, 0) is 38.8 Å². The normalized spacial score (nSPS) is 12.5. The van der Waals surface area contributed by atoms with E-state index in [2.05, 4.69) is 10.3 Å². The molecule has 0 spiro atoms. The van der Waals surface area contributed by atoms with Gasteiger partial charge in [-0.3, -0.25) is 13.9 Å². The van der Waals surface area contributed by atoms with Gasteiger partial charge in [0.05, 0.1) is 6.10 Å². The molecule has 8 heteroatoms. The summed E-state index contributed by atoms with van der Waals surface area (Å²) in [6, 6.07) is 9.94. The van der Waals surface area contributed by atoms with Crippen LogP contribution in [-0.4, -0.2) is 43.5 Å². The zero-order valence-corrected chi connectivity index (χ0v) is 18.0. The third kappa shape index (κ3) is 4.71. The van der Waals surface area contributed by atoms with Crippen molar-refractivity contribution in [1.82, 2.24) is 24.0 Å². The van der Waals surface area contributed by atoms with E-state index in [1.54, 1.807) is 14.0 Å². The lowest BCUT2D eigenvalue weighted by molar-refractivity contribution is 0.180. The number of imidazole rings is 1. The van der Waals surface area contributed by atoms with E-state index in [4.69, 9.17) is 0 Å². The van der Waals surface area contributed by atoms with Gasteiger partial charge in [0.15, 0.2) is 11.2 Å². The van der Waals surface area contributed by atoms with Crippen molar-refractivity contribution < 1.29 is 5.11 Å². The predicted molar refractivity (Wildman–Crippen MR) is 118 cm³/mol. The first kappa shape index (κ1) is 22.0. The third-order valence-corrected chi connectivity index (χ3v) is 5.35. The maximum Gasteiger partial charge on any atom is 0.332 e. The van der Waals surface area contributed by atoms with Crippen LogP contribution in [0.2, 0.25) is 0 Å². The first-order chi connectivity index (χ1) is 14.4. The summed E-state index contributed by atoms with van der Waals surface area (Å²) in [5.74, 6) is 0.780. The second-order valence-corrected chi connectivity index (χ2v) is 7.77. The number of nitrogens with zero attached hydrogens (tertiary/aromatic N) is 4. The van der Waals surface area contributed by atoms with Crippen molar-refractivity contribution in [2.45, 2.75) is 51.8 Å². The van der Waals surface area contributed by atoms with E-state index in [1.165, 1.54) is 9.13 Å². The lowest BCUT2D eigenvalue weighted by Gasteiger charge is -2.11. The number of hydrogen-bond acceptors (Lipinski definition) is 5. The summed E-state index contributed by atoms with van der Waals surface area (Å²) < 4.78 is 4.71. The third-order valence-electron chi connectivity index (χ3n) is 5.35. The highest BCUT2D eigenvalue weighted by atomic mass is 16.3. The van der Waals surface area contributed by atoms with Crippen LogP contribution in [0, 0.1) is 0 Å². The van der Waals surface area contributed by atoms with Gasteiger partial charge in [-0.15, -0.1) is 0 Å². The molecule has 0 saturated heterocycles. The monoisotopic (exact) mass is 413 g/mol. The van der Waals surface area contributed by atoms with Crippen LogP contribution in [0.3, 0.4) is 0 Å². The van der Waals surface area contributed by atoms with Gasteiger partial charge in [0, 0.05) is 33.1 Å². The number of nitrogens with one attached hydrogen (secondary N) is 1. The Morgan fingerprint density at radius 1 is 1.13 bits per heavy atom. The van der Waals surface area contributed by atoms with E-state index >= 15 is 0 Å². The summed E-state index contributed by atoms with van der Waals surface area (Å²) in [6.07, 6.45) is 2.33. The number of unbranched alkanes of at least 4 members (excludes halogenated alkanes) is 1. The number of aliphatic hydroxyl groups is 1. The Kier molecular flexibility index (Phi) is 7.23. The number of benzene rings is 1. The fourth-order valence-corrected chi connectivity index (χ4v) is 3.69. The molecule has 3 aromatic rings. The van der Waals surface area contributed by atoms with Gasteiger partial charge >= 0.3 is 5.69 Å². The molecule has 1 aromatic carbocycles. The summed E-state index contributed by atoms with van der Waals surface area (Å²) in [4.78, 5) is 30.9. The molecule has 2 heterocycles. The number of likely N-dealkylation sites (N-methyl/N-ethyl adjacent to an activating group) is 1. The van der Waals surface area contributed by atoms with Crippen molar-refractivity contribution in [3.05, 3.63) is 62.6 Å². The Balaban J connectivity index is 2.09. The lowest BCUT2D eigenvalue weighted by atomic mass is 10.2. The summed E-state index contributed by atoms with van der Waals surface area (Å²) >= 11 is 0. The second-order valence-electron chi connectivity index (χ2n) is 7.77. The topological polar surface area (TPSA) is 94.1 Å². The molecule has 2 aromatic heterocycles. The fourth-order valence-electron chi connectivity index (χ4n) is 3.69. The van der Waals surface area contributed by atoms with E-state index in [0.717, 1.165) is 24.4 Å². The fraction of sp³-hybridized carbons (Fsp3) is 0.500. The molecule has 2 N–H and O–H groups in total. The van der Waals surface area contributed by atoms with Crippen molar-refractivity contribution in [1.29, 1.82) is 0 Å². The quantitative estimate of drug-likeness (QED) is 0.488. The van der Waals surface area contributed by atoms with Crippen LogP contribution in [0.1, 0.15) is 37.6 Å². The zero-order valence-electron chi connectivity index (χ0n) is 18.0. The maximum atomic E-state index is 13.4. The van der Waals surface area contributed by atoms with Crippen LogP contribution in [0.25, 0.3) is 11.2 Å². The molecule has 1 unspecified atom stereocenters. The smallest absolute Gasteiger partial charge is 0.332 e. The standard InChI is InChI=1S/C22H31N5O3/c1-16(28)9-7-8-14-26-21(29)19-20(25(3)22(26)30)24-18(12-13-23-2)27(19)15-17-10-5-4-6-11-17/h4-6,10-11,16,23,28H,7-9,12-15H2,1-3H3. The molecule has 0 fully saturated rings. The molecule has 8 nitrogen and oxygen atoms in total. The highest BCUT2D eigenvalue weighted by Crippen LogP contribution is 2.15. The van der Waals surface area contributed by atoms with Crippen LogP contribution >= 0.6 is 0 Å². The van der Waals surface area contributed by atoms with Crippen molar-refractivity contribution in [3.63, 3.8) is 0 Å². The Bertz CT molecular complexity index is 1100. The van der Waals surface area contributed by atoms with Gasteiger partial charge in [0.1, 0.15) is 5.82 Å². The molecular formula is C22H31N5O3. The highest BCUT2D eigenvalue weighted by Gasteiger charge is 2.20. The van der Waals surface area contributed by atoms with E-state index in [0.29, 0.717) is 43.5 Å². The van der Waals surface area contributed by atoms with Crippen LogP contribution in [0.4, 0.5) is 0 Å². The first-order valence-corrected chi connectivity index (χ1v) is 10.5. The molecule has 0 bridgehead atoms. The number of aliphatic hydroxyl groups excluding tert-OH is 1. The molecule has 3 rings (SSSR count). The maximum absolute atomic E-state index is 13.4. The largest absolute Gasteiger partial charge is 0.393 e. The molecule has 0 aliphatic heterocycles. The van der Waals surface area contributed by atoms with Crippen LogP contribution in [0.15, 0.2) is 39.9 Å². The number of rotatable bonds is 10. The highest BCUT2D eigenvalue weighted by molar-refractivity contribution is 5.71. The van der Waals surface area contributed by atoms with Gasteiger partial charge in [-0.25, -0.2) is 9.78 Å². The molecule has 1 atom stereocenters. The molecule has 162 valence electrons. The number of hydrogen-bond donors (Lipinski definition) is 2. The van der Waals surface area contributed by atoms with Crippen LogP contribution in [0.5, 0.6) is 0 Å². The average Bonchev–Trinajstić information content (AvgIpc) is 3.09. The minimum Gasteiger partial charge on any atom is -0.393 e. The van der Waals surface area contributed by atoms with E-state index in [1.807, 2.05) is 41.9 Å². The summed E-state index contributed by atoms with van der Waals surface area (Å²) in [5.41, 5.74) is 1.30. The van der Waals surface area contributed by atoms with Gasteiger partial charge in [-0.2, -0.15) is 0 Å². The number of fused-ring (bicyclic) bond motifs is 1. The Labute approximate surface area is 175 Å². The van der Waals surface area contributed by atoms with Crippen molar-refractivity contribution in [2.24, 2.45) is 7.05 Å². The van der Waals surface area contributed by atoms with E-state index in [9.17, 15) is 14.7 Å². The van der Waals surface area contributed by atoms with Gasteiger partial charge in [0.25, 0.3) is 5.56 Å². The molecule has 0 saturated carbocycles. The molecular weight excluding hydrogens is 382 g/mol. The molecule has 0 aliphatic carbocycles. The van der Waals surface area contributed by atoms with Gasteiger partial charge in [-0.1, -0.05) is 30.3 Å². The molecule has 0 radical (unpaired) electrons. The Hall–Kier alpha value is -2.71. The van der Waals surface area contributed by atoms with E-state index < -0.39 is 0 Å². The van der Waals surface area contributed by atoms with Crippen LogP contribution in [-0.2, 0) is 26.6 Å². The zero-order chi connectivity index (χ0) is 21.7. The summed E-state index contributed by atoms with van der Waals surface area (Å²) in [5, 5.41) is 12.6. The van der Waals surface area contributed by atoms with E-state index in [-0.39, 0.29) is 17.4 Å². The van der Waals surface area contributed by atoms with Crippen LogP contribution < -0.4 is 16.6 Å². The van der Waals surface area contributed by atoms with Crippen molar-refractivity contribution >= 4 is 11.2 Å². The van der Waals surface area contributed by atoms with Gasteiger partial charge in [0.2, 0.25) is 0 Å².